The number of carbonyl (C=O) groups excluding carboxylic acids is 2. The SMILES string of the molecule is CN(C(=O)OC(C)(C)C)[C@H]1CCCC(F)(F)[C@]1(C)CNc1ncc(C(N)=O)c(Nc2cccc(-n3cccn3)c2)n1. The van der Waals surface area contributed by atoms with E-state index in [9.17, 15) is 9.59 Å². The standard InChI is InChI=1S/C28H36F2N8O3/c1-26(2,3)41-25(40)37(5)21-11-7-12-28(29,30)27(21,4)17-33-24-32-16-20(22(31)39)23(36-24)35-18-9-6-10-19(15-18)38-14-8-13-34-38/h6,8-10,13-16,21H,7,11-12,17H2,1-5H3,(H2,31,39)(H2,32,33,35,36)/t21-,27+/m0/s1. The lowest BCUT2D eigenvalue weighted by Crippen LogP contribution is -2.61. The Morgan fingerprint density at radius 2 is 2.02 bits per heavy atom. The first-order valence-electron chi connectivity index (χ1n) is 13.3. The highest BCUT2D eigenvalue weighted by Crippen LogP contribution is 2.50. The van der Waals surface area contributed by atoms with Gasteiger partial charge in [-0.3, -0.25) is 4.79 Å². The molecule has 0 unspecified atom stereocenters. The van der Waals surface area contributed by atoms with E-state index in [0.29, 0.717) is 12.1 Å². The largest absolute Gasteiger partial charge is 0.444 e. The lowest BCUT2D eigenvalue weighted by atomic mass is 9.68. The van der Waals surface area contributed by atoms with Crippen LogP contribution in [-0.4, -0.2) is 67.8 Å². The van der Waals surface area contributed by atoms with Crippen molar-refractivity contribution < 1.29 is 23.1 Å². The van der Waals surface area contributed by atoms with Crippen LogP contribution in [0, 0.1) is 5.41 Å². The van der Waals surface area contributed by atoms with E-state index >= 15 is 8.78 Å². The zero-order valence-electron chi connectivity index (χ0n) is 23.8. The first-order valence-corrected chi connectivity index (χ1v) is 13.3. The number of benzene rings is 1. The predicted molar refractivity (Wildman–Crippen MR) is 151 cm³/mol. The third-order valence-corrected chi connectivity index (χ3v) is 7.23. The molecule has 1 aromatic carbocycles. The number of carbonyl (C=O) groups is 2. The second-order valence-electron chi connectivity index (χ2n) is 11.4. The quantitative estimate of drug-likeness (QED) is 0.345. The second kappa shape index (κ2) is 11.3. The molecule has 1 aliphatic carbocycles. The van der Waals surface area contributed by atoms with Gasteiger partial charge in [-0.25, -0.2) is 23.2 Å². The van der Waals surface area contributed by atoms with Gasteiger partial charge in [0.25, 0.3) is 11.8 Å². The van der Waals surface area contributed by atoms with Gasteiger partial charge >= 0.3 is 6.09 Å². The molecule has 4 rings (SSSR count). The van der Waals surface area contributed by atoms with Gasteiger partial charge in [-0.15, -0.1) is 0 Å². The number of primary amides is 1. The molecule has 41 heavy (non-hydrogen) atoms. The van der Waals surface area contributed by atoms with Gasteiger partial charge in [0.15, 0.2) is 0 Å². The number of nitrogens with two attached hydrogens (primary N) is 1. The van der Waals surface area contributed by atoms with Crippen molar-refractivity contribution in [2.45, 2.75) is 64.5 Å². The van der Waals surface area contributed by atoms with E-state index in [0.717, 1.165) is 5.69 Å². The van der Waals surface area contributed by atoms with Crippen LogP contribution in [0.4, 0.5) is 31.0 Å². The first-order chi connectivity index (χ1) is 19.2. The van der Waals surface area contributed by atoms with Crippen LogP contribution in [0.5, 0.6) is 0 Å². The highest BCUT2D eigenvalue weighted by Gasteiger charge is 2.58. The highest BCUT2D eigenvalue weighted by molar-refractivity contribution is 5.98. The second-order valence-corrected chi connectivity index (χ2v) is 11.4. The zero-order chi connectivity index (χ0) is 30.0. The van der Waals surface area contributed by atoms with Crippen LogP contribution in [0.15, 0.2) is 48.9 Å². The van der Waals surface area contributed by atoms with Crippen molar-refractivity contribution in [2.24, 2.45) is 11.1 Å². The molecule has 4 N–H and O–H groups in total. The summed E-state index contributed by atoms with van der Waals surface area (Å²) in [4.78, 5) is 34.7. The minimum absolute atomic E-state index is 0.0157. The summed E-state index contributed by atoms with van der Waals surface area (Å²) in [7, 11) is 1.48. The number of halogens is 2. The minimum atomic E-state index is -3.10. The maximum atomic E-state index is 15.5. The van der Waals surface area contributed by atoms with E-state index in [1.165, 1.54) is 25.1 Å². The number of amides is 2. The maximum Gasteiger partial charge on any atom is 0.410 e. The Morgan fingerprint density at radius 3 is 2.68 bits per heavy atom. The van der Waals surface area contributed by atoms with Gasteiger partial charge in [0, 0.05) is 50.3 Å². The first kappa shape index (κ1) is 29.7. The van der Waals surface area contributed by atoms with Gasteiger partial charge in [0.1, 0.15) is 17.0 Å². The molecule has 1 aliphatic rings. The Hall–Kier alpha value is -4.29. The summed E-state index contributed by atoms with van der Waals surface area (Å²) in [6.45, 7) is 6.37. The van der Waals surface area contributed by atoms with Gasteiger partial charge in [0.2, 0.25) is 5.95 Å². The Bertz CT molecular complexity index is 1390. The molecule has 2 aromatic heterocycles. The number of rotatable bonds is 8. The molecular weight excluding hydrogens is 534 g/mol. The summed E-state index contributed by atoms with van der Waals surface area (Å²) in [6, 6.07) is 8.20. The fourth-order valence-electron chi connectivity index (χ4n) is 4.98. The van der Waals surface area contributed by atoms with Crippen molar-refractivity contribution >= 4 is 29.5 Å². The molecule has 13 heteroatoms. The molecule has 0 bridgehead atoms. The molecular formula is C28H36F2N8O3. The van der Waals surface area contributed by atoms with Crippen molar-refractivity contribution in [3.05, 3.63) is 54.5 Å². The van der Waals surface area contributed by atoms with Crippen LogP contribution in [0.2, 0.25) is 0 Å². The maximum absolute atomic E-state index is 15.5. The molecule has 2 heterocycles. The van der Waals surface area contributed by atoms with E-state index in [4.69, 9.17) is 10.5 Å². The number of alkyl halides is 2. The average Bonchev–Trinajstić information content (AvgIpc) is 3.43. The number of anilines is 3. The van der Waals surface area contributed by atoms with Gasteiger partial charge in [-0.1, -0.05) is 13.0 Å². The summed E-state index contributed by atoms with van der Waals surface area (Å²) in [5.74, 6) is -3.73. The highest BCUT2D eigenvalue weighted by atomic mass is 19.3. The topological polar surface area (TPSA) is 140 Å². The van der Waals surface area contributed by atoms with Crippen molar-refractivity contribution in [1.82, 2.24) is 24.6 Å². The summed E-state index contributed by atoms with van der Waals surface area (Å²) in [5.41, 5.74) is 4.49. The van der Waals surface area contributed by atoms with Crippen molar-refractivity contribution in [2.75, 3.05) is 24.2 Å². The van der Waals surface area contributed by atoms with Crippen LogP contribution in [0.3, 0.4) is 0 Å². The molecule has 0 saturated heterocycles. The number of nitrogens with one attached hydrogen (secondary N) is 2. The average molecular weight is 571 g/mol. The van der Waals surface area contributed by atoms with Crippen molar-refractivity contribution in [3.8, 4) is 5.69 Å². The molecule has 0 radical (unpaired) electrons. The predicted octanol–water partition coefficient (Wildman–Crippen LogP) is 4.98. The third-order valence-electron chi connectivity index (χ3n) is 7.23. The number of hydrogen-bond donors (Lipinski definition) is 3. The fourth-order valence-corrected chi connectivity index (χ4v) is 4.98. The monoisotopic (exact) mass is 570 g/mol. The van der Waals surface area contributed by atoms with Crippen LogP contribution in [0.1, 0.15) is 57.3 Å². The molecule has 3 aromatic rings. The fraction of sp³-hybridized carbons (Fsp3) is 0.464. The Balaban J connectivity index is 1.58. The normalized spacial score (nSPS) is 20.2. The van der Waals surface area contributed by atoms with Gasteiger partial charge in [-0.05, 0) is 57.9 Å². The van der Waals surface area contributed by atoms with Crippen LogP contribution < -0.4 is 16.4 Å². The molecule has 0 aliphatic heterocycles. The van der Waals surface area contributed by atoms with E-state index in [1.54, 1.807) is 62.1 Å². The lowest BCUT2D eigenvalue weighted by molar-refractivity contribution is -0.164. The summed E-state index contributed by atoms with van der Waals surface area (Å²) < 4.78 is 38.2. The molecule has 2 atom stereocenters. The molecule has 1 saturated carbocycles. The summed E-state index contributed by atoms with van der Waals surface area (Å²) >= 11 is 0. The third kappa shape index (κ3) is 6.55. The van der Waals surface area contributed by atoms with E-state index < -0.39 is 35.0 Å². The molecule has 11 nitrogen and oxygen atoms in total. The number of hydrogen-bond acceptors (Lipinski definition) is 8. The number of ether oxygens (including phenoxy) is 1. The Labute approximate surface area is 237 Å². The van der Waals surface area contributed by atoms with E-state index in [2.05, 4.69) is 25.7 Å². The summed E-state index contributed by atoms with van der Waals surface area (Å²) in [5, 5.41) is 10.2. The van der Waals surface area contributed by atoms with Crippen molar-refractivity contribution in [3.63, 3.8) is 0 Å². The lowest BCUT2D eigenvalue weighted by Gasteiger charge is -2.50. The smallest absolute Gasteiger partial charge is 0.410 e. The number of nitrogens with zero attached hydrogens (tertiary/aromatic N) is 5. The molecule has 1 fully saturated rings. The summed E-state index contributed by atoms with van der Waals surface area (Å²) in [6.07, 6.45) is 4.33. The van der Waals surface area contributed by atoms with Crippen molar-refractivity contribution in [1.29, 1.82) is 0 Å². The minimum Gasteiger partial charge on any atom is -0.444 e. The van der Waals surface area contributed by atoms with Crippen LogP contribution in [-0.2, 0) is 4.74 Å². The Morgan fingerprint density at radius 1 is 1.27 bits per heavy atom. The zero-order valence-corrected chi connectivity index (χ0v) is 23.8. The van der Waals surface area contributed by atoms with Crippen LogP contribution in [0.25, 0.3) is 5.69 Å². The number of aromatic nitrogens is 4. The molecule has 220 valence electrons. The van der Waals surface area contributed by atoms with E-state index in [-0.39, 0.29) is 36.7 Å². The van der Waals surface area contributed by atoms with E-state index in [1.807, 2.05) is 6.07 Å². The molecule has 2 amide bonds. The Kier molecular flexibility index (Phi) is 8.18. The van der Waals surface area contributed by atoms with Gasteiger partial charge in [0.05, 0.1) is 11.1 Å². The van der Waals surface area contributed by atoms with Gasteiger partial charge < -0.3 is 26.0 Å². The van der Waals surface area contributed by atoms with Crippen LogP contribution >= 0.6 is 0 Å². The molecule has 0 spiro atoms. The van der Waals surface area contributed by atoms with Gasteiger partial charge in [-0.2, -0.15) is 10.1 Å².